The highest BCUT2D eigenvalue weighted by Crippen LogP contribution is 2.13. The van der Waals surface area contributed by atoms with E-state index in [-0.39, 0.29) is 6.42 Å². The van der Waals surface area contributed by atoms with E-state index < -0.39 is 18.4 Å². The lowest BCUT2D eigenvalue weighted by Gasteiger charge is -2.21. The van der Waals surface area contributed by atoms with Crippen molar-refractivity contribution in [3.8, 4) is 0 Å². The molecule has 0 rings (SSSR count). The fourth-order valence-electron chi connectivity index (χ4n) is 2.92. The van der Waals surface area contributed by atoms with Gasteiger partial charge in [0.2, 0.25) is 5.91 Å². The molecule has 5 heteroatoms. The Labute approximate surface area is 159 Å². The number of rotatable bonds is 19. The maximum atomic E-state index is 10.4. The van der Waals surface area contributed by atoms with Crippen molar-refractivity contribution in [1.29, 1.82) is 0 Å². The number of hydrogen-bond donors (Lipinski definition) is 4. The molecule has 0 bridgehead atoms. The van der Waals surface area contributed by atoms with Crippen molar-refractivity contribution in [3.05, 3.63) is 12.2 Å². The second-order valence-corrected chi connectivity index (χ2v) is 7.25. The Morgan fingerprint density at radius 1 is 0.808 bits per heavy atom. The maximum Gasteiger partial charge on any atom is 0.317 e. The van der Waals surface area contributed by atoms with Crippen molar-refractivity contribution in [1.82, 2.24) is 5.32 Å². The third kappa shape index (κ3) is 19.4. The summed E-state index contributed by atoms with van der Waals surface area (Å²) in [5.74, 6) is -3.17. The first-order valence-electron chi connectivity index (χ1n) is 10.5. The predicted molar refractivity (Wildman–Crippen MR) is 107 cm³/mol. The maximum absolute atomic E-state index is 10.4. The Hall–Kier alpha value is -0.910. The lowest BCUT2D eigenvalue weighted by molar-refractivity contribution is -0.193. The zero-order valence-electron chi connectivity index (χ0n) is 16.7. The predicted octanol–water partition coefficient (Wildman–Crippen LogP) is 4.73. The Morgan fingerprint density at radius 2 is 1.27 bits per heavy atom. The number of unbranched alkanes of at least 4 members (excludes halogenated alkanes) is 12. The molecule has 26 heavy (non-hydrogen) atoms. The Morgan fingerprint density at radius 3 is 1.77 bits per heavy atom. The first kappa shape index (κ1) is 25.1. The van der Waals surface area contributed by atoms with Crippen molar-refractivity contribution in [2.45, 2.75) is 109 Å². The second kappa shape index (κ2) is 17.5. The number of carboxylic acid groups (broad SMARTS) is 1. The van der Waals surface area contributed by atoms with Crippen LogP contribution in [0.5, 0.6) is 0 Å². The third-order valence-electron chi connectivity index (χ3n) is 4.56. The van der Waals surface area contributed by atoms with Crippen molar-refractivity contribution >= 4 is 5.97 Å². The number of allylic oxidation sites excluding steroid dienone is 2. The van der Waals surface area contributed by atoms with Crippen molar-refractivity contribution in [2.75, 3.05) is 6.54 Å². The minimum atomic E-state index is -2.07. The van der Waals surface area contributed by atoms with Crippen LogP contribution in [0.4, 0.5) is 0 Å². The SMILES string of the molecule is CCCCCCCC/C=C\CCCCCCCCC(O)(O)NCC(=O)O. The van der Waals surface area contributed by atoms with Gasteiger partial charge in [-0.3, -0.25) is 10.1 Å². The molecule has 154 valence electrons. The molecule has 0 spiro atoms. The van der Waals surface area contributed by atoms with Gasteiger partial charge in [-0.25, -0.2) is 0 Å². The fraction of sp³-hybridized carbons (Fsp3) is 0.857. The van der Waals surface area contributed by atoms with E-state index in [1.165, 1.54) is 57.8 Å². The highest BCUT2D eigenvalue weighted by molar-refractivity contribution is 5.69. The van der Waals surface area contributed by atoms with Gasteiger partial charge in [0.05, 0.1) is 6.54 Å². The van der Waals surface area contributed by atoms with E-state index in [0.717, 1.165) is 25.7 Å². The normalized spacial score (nSPS) is 12.1. The molecule has 0 fully saturated rings. The van der Waals surface area contributed by atoms with Crippen LogP contribution in [-0.2, 0) is 4.79 Å². The van der Waals surface area contributed by atoms with Crippen molar-refractivity contribution < 1.29 is 20.1 Å². The van der Waals surface area contributed by atoms with Gasteiger partial charge in [-0.15, -0.1) is 0 Å². The van der Waals surface area contributed by atoms with E-state index >= 15 is 0 Å². The highest BCUT2D eigenvalue weighted by Gasteiger charge is 2.22. The van der Waals surface area contributed by atoms with Gasteiger partial charge in [0, 0.05) is 6.42 Å². The van der Waals surface area contributed by atoms with E-state index in [2.05, 4.69) is 24.4 Å². The lowest BCUT2D eigenvalue weighted by Crippen LogP contribution is -2.47. The molecular weight excluding hydrogens is 330 g/mol. The lowest BCUT2D eigenvalue weighted by atomic mass is 10.1. The van der Waals surface area contributed by atoms with Gasteiger partial charge < -0.3 is 15.3 Å². The molecule has 0 heterocycles. The van der Waals surface area contributed by atoms with Crippen molar-refractivity contribution in [3.63, 3.8) is 0 Å². The molecule has 0 aliphatic heterocycles. The van der Waals surface area contributed by atoms with Crippen LogP contribution < -0.4 is 5.32 Å². The quantitative estimate of drug-likeness (QED) is 0.150. The molecule has 0 aromatic rings. The van der Waals surface area contributed by atoms with Crippen molar-refractivity contribution in [2.24, 2.45) is 0 Å². The molecular formula is C21H41NO4. The first-order valence-corrected chi connectivity index (χ1v) is 10.5. The van der Waals surface area contributed by atoms with Gasteiger partial charge in [0.15, 0.2) is 0 Å². The molecule has 0 aliphatic rings. The number of carboxylic acids is 1. The largest absolute Gasteiger partial charge is 0.480 e. The average Bonchev–Trinajstić information content (AvgIpc) is 2.60. The van der Waals surface area contributed by atoms with Crippen LogP contribution in [0.2, 0.25) is 0 Å². The summed E-state index contributed by atoms with van der Waals surface area (Å²) >= 11 is 0. The summed E-state index contributed by atoms with van der Waals surface area (Å²) in [4.78, 5) is 10.4. The molecule has 0 atom stereocenters. The monoisotopic (exact) mass is 371 g/mol. The number of aliphatic carboxylic acids is 1. The Bertz CT molecular complexity index is 356. The van der Waals surface area contributed by atoms with E-state index in [1.807, 2.05) is 0 Å². The van der Waals surface area contributed by atoms with Gasteiger partial charge in [-0.05, 0) is 32.1 Å². The Kier molecular flexibility index (Phi) is 16.9. The summed E-state index contributed by atoms with van der Waals surface area (Å²) in [5, 5.41) is 29.8. The molecule has 0 saturated heterocycles. The minimum absolute atomic E-state index is 0.154. The molecule has 4 N–H and O–H groups in total. The number of nitrogens with one attached hydrogen (secondary N) is 1. The smallest absolute Gasteiger partial charge is 0.317 e. The molecule has 0 aliphatic carbocycles. The molecule has 5 nitrogen and oxygen atoms in total. The van der Waals surface area contributed by atoms with Gasteiger partial charge in [-0.2, -0.15) is 0 Å². The number of carbonyl (C=O) groups is 1. The Balaban J connectivity index is 3.30. The van der Waals surface area contributed by atoms with Crippen LogP contribution in [0, 0.1) is 0 Å². The summed E-state index contributed by atoms with van der Waals surface area (Å²) < 4.78 is 0. The highest BCUT2D eigenvalue weighted by atomic mass is 16.5. The van der Waals surface area contributed by atoms with Crippen LogP contribution in [0.3, 0.4) is 0 Å². The summed E-state index contributed by atoms with van der Waals surface area (Å²) in [7, 11) is 0. The topological polar surface area (TPSA) is 89.8 Å². The summed E-state index contributed by atoms with van der Waals surface area (Å²) in [6.45, 7) is 1.80. The van der Waals surface area contributed by atoms with E-state index in [4.69, 9.17) is 5.11 Å². The van der Waals surface area contributed by atoms with Gasteiger partial charge in [0.1, 0.15) is 0 Å². The molecule has 0 unspecified atom stereocenters. The van der Waals surface area contributed by atoms with E-state index in [1.54, 1.807) is 0 Å². The third-order valence-corrected chi connectivity index (χ3v) is 4.56. The van der Waals surface area contributed by atoms with Crippen LogP contribution in [0.25, 0.3) is 0 Å². The molecule has 0 aromatic heterocycles. The number of hydrogen-bond acceptors (Lipinski definition) is 4. The average molecular weight is 372 g/mol. The van der Waals surface area contributed by atoms with Gasteiger partial charge in [-0.1, -0.05) is 76.9 Å². The summed E-state index contributed by atoms with van der Waals surface area (Å²) in [5.41, 5.74) is 0. The van der Waals surface area contributed by atoms with Crippen LogP contribution in [-0.4, -0.2) is 33.7 Å². The second-order valence-electron chi connectivity index (χ2n) is 7.25. The van der Waals surface area contributed by atoms with Crippen LogP contribution in [0.1, 0.15) is 103 Å². The minimum Gasteiger partial charge on any atom is -0.480 e. The summed E-state index contributed by atoms with van der Waals surface area (Å²) in [6.07, 6.45) is 21.6. The van der Waals surface area contributed by atoms with Crippen LogP contribution in [0.15, 0.2) is 12.2 Å². The molecule has 0 radical (unpaired) electrons. The first-order chi connectivity index (χ1) is 12.5. The number of aliphatic hydroxyl groups is 2. The summed E-state index contributed by atoms with van der Waals surface area (Å²) in [6, 6.07) is 0. The fourth-order valence-corrected chi connectivity index (χ4v) is 2.92. The van der Waals surface area contributed by atoms with E-state index in [9.17, 15) is 15.0 Å². The van der Waals surface area contributed by atoms with Crippen LogP contribution >= 0.6 is 0 Å². The molecule has 0 amide bonds. The molecule has 0 saturated carbocycles. The molecule has 0 aromatic carbocycles. The zero-order chi connectivity index (χ0) is 19.5. The van der Waals surface area contributed by atoms with Gasteiger partial charge >= 0.3 is 5.97 Å². The van der Waals surface area contributed by atoms with E-state index in [0.29, 0.717) is 6.42 Å². The van der Waals surface area contributed by atoms with Gasteiger partial charge in [0.25, 0.3) is 0 Å². The standard InChI is InChI=1S/C21H41NO4/c1-2-3-4-5-6-7-8-9-10-11-12-13-14-15-16-17-18-21(25,26)22-19-20(23)24/h9-10,22,25-26H,2-8,11-19H2,1H3,(H,23,24)/b10-9-. The zero-order valence-corrected chi connectivity index (χ0v) is 16.7.